The van der Waals surface area contributed by atoms with Crippen LogP contribution in [0.3, 0.4) is 0 Å². The molecule has 0 aliphatic carbocycles. The summed E-state index contributed by atoms with van der Waals surface area (Å²) >= 11 is 0. The molecule has 0 aliphatic rings. The van der Waals surface area contributed by atoms with Crippen molar-refractivity contribution in [1.29, 1.82) is 0 Å². The smallest absolute Gasteiger partial charge is 0.269 e. The summed E-state index contributed by atoms with van der Waals surface area (Å²) in [6.45, 7) is 4.33. The van der Waals surface area contributed by atoms with E-state index in [-0.39, 0.29) is 5.69 Å². The minimum absolute atomic E-state index is 0.0849. The lowest BCUT2D eigenvalue weighted by atomic mass is 10.1. The summed E-state index contributed by atoms with van der Waals surface area (Å²) < 4.78 is 5.69. The number of ether oxygens (including phenoxy) is 1. The average molecular weight is 257 g/mol. The molecule has 0 N–H and O–H groups in total. The molecule has 0 unspecified atom stereocenters. The second kappa shape index (κ2) is 5.52. The van der Waals surface area contributed by atoms with E-state index in [2.05, 4.69) is 0 Å². The van der Waals surface area contributed by atoms with E-state index < -0.39 is 4.92 Å². The molecule has 0 saturated heterocycles. The third kappa shape index (κ3) is 3.31. The highest BCUT2D eigenvalue weighted by Gasteiger charge is 2.06. The van der Waals surface area contributed by atoms with Crippen LogP contribution in [0, 0.1) is 24.0 Å². The zero-order valence-electron chi connectivity index (χ0n) is 10.9. The predicted octanol–water partition coefficient (Wildman–Crippen LogP) is 3.79. The van der Waals surface area contributed by atoms with Gasteiger partial charge in [-0.25, -0.2) is 0 Å². The van der Waals surface area contributed by atoms with Crippen LogP contribution in [0.15, 0.2) is 42.5 Å². The molecule has 19 heavy (non-hydrogen) atoms. The van der Waals surface area contributed by atoms with E-state index in [1.165, 1.54) is 17.7 Å². The molecule has 0 radical (unpaired) electrons. The standard InChI is InChI=1S/C15H15NO3/c1-11-6-7-15(12(2)8-11)19-10-13-4-3-5-14(9-13)16(17)18/h3-9H,10H2,1-2H3. The van der Waals surface area contributed by atoms with Gasteiger partial charge in [-0.2, -0.15) is 0 Å². The lowest BCUT2D eigenvalue weighted by Gasteiger charge is -2.09. The Labute approximate surface area is 111 Å². The molecule has 98 valence electrons. The molecular formula is C15H15NO3. The van der Waals surface area contributed by atoms with Crippen LogP contribution in [0.4, 0.5) is 5.69 Å². The monoisotopic (exact) mass is 257 g/mol. The molecule has 0 fully saturated rings. The van der Waals surface area contributed by atoms with E-state index in [0.717, 1.165) is 16.9 Å². The number of nitro groups is 1. The molecule has 0 heterocycles. The number of aryl methyl sites for hydroxylation is 2. The van der Waals surface area contributed by atoms with Gasteiger partial charge in [0.25, 0.3) is 5.69 Å². The first-order valence-electron chi connectivity index (χ1n) is 5.99. The van der Waals surface area contributed by atoms with Crippen molar-refractivity contribution in [2.75, 3.05) is 0 Å². The Morgan fingerprint density at radius 2 is 1.95 bits per heavy atom. The van der Waals surface area contributed by atoms with Gasteiger partial charge in [0.15, 0.2) is 0 Å². The van der Waals surface area contributed by atoms with Crippen LogP contribution < -0.4 is 4.74 Å². The van der Waals surface area contributed by atoms with Crippen molar-refractivity contribution in [1.82, 2.24) is 0 Å². The van der Waals surface area contributed by atoms with Crippen molar-refractivity contribution >= 4 is 5.69 Å². The van der Waals surface area contributed by atoms with E-state index in [1.807, 2.05) is 38.1 Å². The number of non-ortho nitro benzene ring substituents is 1. The van der Waals surface area contributed by atoms with E-state index in [1.54, 1.807) is 6.07 Å². The van der Waals surface area contributed by atoms with E-state index in [9.17, 15) is 10.1 Å². The molecule has 2 aromatic carbocycles. The lowest BCUT2D eigenvalue weighted by molar-refractivity contribution is -0.384. The first-order valence-corrected chi connectivity index (χ1v) is 5.99. The number of nitrogens with zero attached hydrogens (tertiary/aromatic N) is 1. The second-order valence-electron chi connectivity index (χ2n) is 4.48. The van der Waals surface area contributed by atoms with Gasteiger partial charge in [-0.3, -0.25) is 10.1 Å². The van der Waals surface area contributed by atoms with Crippen molar-refractivity contribution in [2.24, 2.45) is 0 Å². The molecule has 0 saturated carbocycles. The minimum atomic E-state index is -0.402. The number of benzene rings is 2. The van der Waals surface area contributed by atoms with Gasteiger partial charge in [0, 0.05) is 12.1 Å². The van der Waals surface area contributed by atoms with Gasteiger partial charge in [0.05, 0.1) is 4.92 Å². The number of nitro benzene ring substituents is 1. The Balaban J connectivity index is 2.10. The van der Waals surface area contributed by atoms with Gasteiger partial charge >= 0.3 is 0 Å². The average Bonchev–Trinajstić information content (AvgIpc) is 2.38. The van der Waals surface area contributed by atoms with Gasteiger partial charge in [0.2, 0.25) is 0 Å². The molecule has 0 atom stereocenters. The number of hydrogen-bond donors (Lipinski definition) is 0. The van der Waals surface area contributed by atoms with Crippen molar-refractivity contribution in [2.45, 2.75) is 20.5 Å². The predicted molar refractivity (Wildman–Crippen MR) is 73.3 cm³/mol. The van der Waals surface area contributed by atoms with Gasteiger partial charge in [0.1, 0.15) is 12.4 Å². The molecule has 0 bridgehead atoms. The molecule has 2 rings (SSSR count). The van der Waals surface area contributed by atoms with Crippen LogP contribution in [-0.4, -0.2) is 4.92 Å². The molecule has 0 aliphatic heterocycles. The summed E-state index contributed by atoms with van der Waals surface area (Å²) in [7, 11) is 0. The van der Waals surface area contributed by atoms with Crippen molar-refractivity contribution in [3.63, 3.8) is 0 Å². The Morgan fingerprint density at radius 1 is 1.16 bits per heavy atom. The molecule has 4 nitrogen and oxygen atoms in total. The Kier molecular flexibility index (Phi) is 3.80. The van der Waals surface area contributed by atoms with Crippen LogP contribution in [0.1, 0.15) is 16.7 Å². The topological polar surface area (TPSA) is 52.4 Å². The fourth-order valence-corrected chi connectivity index (χ4v) is 1.88. The molecule has 0 spiro atoms. The summed E-state index contributed by atoms with van der Waals surface area (Å²) in [6, 6.07) is 12.4. The maximum atomic E-state index is 10.7. The zero-order valence-corrected chi connectivity index (χ0v) is 10.9. The number of rotatable bonds is 4. The summed E-state index contributed by atoms with van der Waals surface area (Å²) in [6.07, 6.45) is 0. The molecule has 2 aromatic rings. The van der Waals surface area contributed by atoms with Crippen molar-refractivity contribution < 1.29 is 9.66 Å². The van der Waals surface area contributed by atoms with Gasteiger partial charge < -0.3 is 4.74 Å². The summed E-state index contributed by atoms with van der Waals surface area (Å²) in [5.74, 6) is 0.803. The maximum absolute atomic E-state index is 10.7. The molecule has 4 heteroatoms. The van der Waals surface area contributed by atoms with E-state index in [4.69, 9.17) is 4.74 Å². The van der Waals surface area contributed by atoms with E-state index in [0.29, 0.717) is 6.61 Å². The second-order valence-corrected chi connectivity index (χ2v) is 4.48. The fraction of sp³-hybridized carbons (Fsp3) is 0.200. The normalized spacial score (nSPS) is 10.2. The molecular weight excluding hydrogens is 242 g/mol. The van der Waals surface area contributed by atoms with Crippen molar-refractivity contribution in [3.05, 3.63) is 69.3 Å². The van der Waals surface area contributed by atoms with Crippen molar-refractivity contribution in [3.8, 4) is 5.75 Å². The highest BCUT2D eigenvalue weighted by molar-refractivity contribution is 5.37. The fourth-order valence-electron chi connectivity index (χ4n) is 1.88. The number of hydrogen-bond acceptors (Lipinski definition) is 3. The Bertz CT molecular complexity index is 608. The highest BCUT2D eigenvalue weighted by Crippen LogP contribution is 2.21. The first-order chi connectivity index (χ1) is 9.06. The summed E-state index contributed by atoms with van der Waals surface area (Å²) in [5, 5.41) is 10.7. The molecule has 0 aromatic heterocycles. The highest BCUT2D eigenvalue weighted by atomic mass is 16.6. The zero-order chi connectivity index (χ0) is 13.8. The largest absolute Gasteiger partial charge is 0.489 e. The van der Waals surface area contributed by atoms with Crippen LogP contribution in [0.5, 0.6) is 5.75 Å². The summed E-state index contributed by atoms with van der Waals surface area (Å²) in [5.41, 5.74) is 3.11. The summed E-state index contributed by atoms with van der Waals surface area (Å²) in [4.78, 5) is 10.3. The van der Waals surface area contributed by atoms with Crippen LogP contribution in [0.25, 0.3) is 0 Å². The van der Waals surface area contributed by atoms with Gasteiger partial charge in [-0.05, 0) is 31.0 Å². The van der Waals surface area contributed by atoms with Crippen LogP contribution >= 0.6 is 0 Å². The van der Waals surface area contributed by atoms with E-state index >= 15 is 0 Å². The molecule has 0 amide bonds. The van der Waals surface area contributed by atoms with Gasteiger partial charge in [-0.15, -0.1) is 0 Å². The SMILES string of the molecule is Cc1ccc(OCc2cccc([N+](=O)[O-])c2)c(C)c1. The van der Waals surface area contributed by atoms with Crippen LogP contribution in [-0.2, 0) is 6.61 Å². The first kappa shape index (κ1) is 13.1. The minimum Gasteiger partial charge on any atom is -0.489 e. The van der Waals surface area contributed by atoms with Gasteiger partial charge in [-0.1, -0.05) is 29.8 Å². The quantitative estimate of drug-likeness (QED) is 0.618. The third-order valence-corrected chi connectivity index (χ3v) is 2.85. The Morgan fingerprint density at radius 3 is 2.63 bits per heavy atom. The maximum Gasteiger partial charge on any atom is 0.269 e. The lowest BCUT2D eigenvalue weighted by Crippen LogP contribution is -1.98. The third-order valence-electron chi connectivity index (χ3n) is 2.85. The van der Waals surface area contributed by atoms with Crippen LogP contribution in [0.2, 0.25) is 0 Å². The Hall–Kier alpha value is -2.36.